The van der Waals surface area contributed by atoms with Crippen LogP contribution in [0.3, 0.4) is 0 Å². The SMILES string of the molecule is CC1(C)OB(C(B2OC(C)(C)C(C)(C)O2)c2ccccc2I)OC1(C)C. The molecular formula is C19H29B2IO4. The summed E-state index contributed by atoms with van der Waals surface area (Å²) in [5, 5.41) is 0. The zero-order chi connectivity index (χ0) is 19.5. The highest BCUT2D eigenvalue weighted by atomic mass is 127. The fraction of sp³-hybridized carbons (Fsp3) is 0.684. The van der Waals surface area contributed by atoms with E-state index in [0.717, 1.165) is 9.13 Å². The van der Waals surface area contributed by atoms with Crippen LogP contribution in [0, 0.1) is 3.57 Å². The summed E-state index contributed by atoms with van der Waals surface area (Å²) in [5.41, 5.74) is -0.658. The van der Waals surface area contributed by atoms with E-state index >= 15 is 0 Å². The summed E-state index contributed by atoms with van der Waals surface area (Å²) in [4.78, 5) is 0. The van der Waals surface area contributed by atoms with Gasteiger partial charge in [0.05, 0.1) is 28.1 Å². The second-order valence-corrected chi connectivity index (χ2v) is 10.5. The van der Waals surface area contributed by atoms with Gasteiger partial charge < -0.3 is 18.6 Å². The van der Waals surface area contributed by atoms with E-state index in [4.69, 9.17) is 18.6 Å². The van der Waals surface area contributed by atoms with Gasteiger partial charge in [-0.3, -0.25) is 0 Å². The van der Waals surface area contributed by atoms with Crippen LogP contribution in [0.5, 0.6) is 0 Å². The van der Waals surface area contributed by atoms with Crippen LogP contribution in [0.1, 0.15) is 66.7 Å². The molecule has 2 heterocycles. The molecule has 1 aromatic rings. The molecule has 0 aromatic heterocycles. The molecule has 4 nitrogen and oxygen atoms in total. The zero-order valence-corrected chi connectivity index (χ0v) is 19.2. The lowest BCUT2D eigenvalue weighted by molar-refractivity contribution is 0.00578. The van der Waals surface area contributed by atoms with Crippen LogP contribution in [0.2, 0.25) is 0 Å². The highest BCUT2D eigenvalue weighted by molar-refractivity contribution is 14.1. The lowest BCUT2D eigenvalue weighted by atomic mass is 9.49. The number of halogens is 1. The summed E-state index contributed by atoms with van der Waals surface area (Å²) >= 11 is 2.36. The molecule has 0 bridgehead atoms. The summed E-state index contributed by atoms with van der Waals surface area (Å²) in [6.07, 6.45) is 0. The van der Waals surface area contributed by atoms with Gasteiger partial charge in [0.2, 0.25) is 0 Å². The second-order valence-electron chi connectivity index (χ2n) is 9.30. The van der Waals surface area contributed by atoms with Crippen molar-refractivity contribution in [3.05, 3.63) is 33.4 Å². The van der Waals surface area contributed by atoms with Crippen molar-refractivity contribution in [3.8, 4) is 0 Å². The van der Waals surface area contributed by atoms with E-state index in [1.807, 2.05) is 12.1 Å². The third kappa shape index (κ3) is 3.39. The molecule has 0 atom stereocenters. The first-order valence-electron chi connectivity index (χ1n) is 9.23. The Balaban J connectivity index is 2.02. The smallest absolute Gasteiger partial charge is 0.403 e. The van der Waals surface area contributed by atoms with Crippen molar-refractivity contribution in [2.75, 3.05) is 0 Å². The Bertz CT molecular complexity index is 622. The lowest BCUT2D eigenvalue weighted by Gasteiger charge is -2.32. The summed E-state index contributed by atoms with van der Waals surface area (Å²) in [6.45, 7) is 16.6. The third-order valence-electron chi connectivity index (χ3n) is 6.39. The van der Waals surface area contributed by atoms with Gasteiger partial charge in [0.1, 0.15) is 0 Å². The molecule has 2 aliphatic rings. The molecule has 0 radical (unpaired) electrons. The highest BCUT2D eigenvalue weighted by Crippen LogP contribution is 2.46. The fourth-order valence-corrected chi connectivity index (χ4v) is 3.98. The molecule has 0 unspecified atom stereocenters. The molecule has 2 aliphatic heterocycles. The summed E-state index contributed by atoms with van der Waals surface area (Å²) in [7, 11) is -0.878. The molecule has 3 rings (SSSR count). The Morgan fingerprint density at radius 3 is 1.38 bits per heavy atom. The predicted molar refractivity (Wildman–Crippen MR) is 114 cm³/mol. The van der Waals surface area contributed by atoms with E-state index in [-0.39, 0.29) is 5.72 Å². The molecule has 2 fully saturated rings. The van der Waals surface area contributed by atoms with Crippen LogP contribution in [0.4, 0.5) is 0 Å². The molecule has 7 heteroatoms. The fourth-order valence-electron chi connectivity index (χ4n) is 3.24. The summed E-state index contributed by atoms with van der Waals surface area (Å²) in [6, 6.07) is 8.29. The van der Waals surface area contributed by atoms with Gasteiger partial charge in [-0.05, 0) is 89.6 Å². The van der Waals surface area contributed by atoms with Gasteiger partial charge in [0.25, 0.3) is 0 Å². The van der Waals surface area contributed by atoms with Crippen molar-refractivity contribution in [1.29, 1.82) is 0 Å². The Hall–Kier alpha value is -0.0801. The van der Waals surface area contributed by atoms with Crippen molar-refractivity contribution >= 4 is 36.8 Å². The molecule has 2 saturated heterocycles. The van der Waals surface area contributed by atoms with Crippen LogP contribution >= 0.6 is 22.6 Å². The standard InChI is InChI=1S/C19H29B2IO4/c1-16(2)17(3,4)24-20(23-16)15(13-11-9-10-12-14(13)22)21-25-18(5,6)19(7,8)26-21/h9-12,15H,1-8H3. The van der Waals surface area contributed by atoms with Crippen LogP contribution in [-0.2, 0) is 18.6 Å². The normalized spacial score (nSPS) is 25.9. The van der Waals surface area contributed by atoms with E-state index in [1.54, 1.807) is 0 Å². The van der Waals surface area contributed by atoms with E-state index in [9.17, 15) is 0 Å². The van der Waals surface area contributed by atoms with E-state index < -0.39 is 36.6 Å². The quantitative estimate of drug-likeness (QED) is 0.477. The van der Waals surface area contributed by atoms with E-state index in [1.165, 1.54) is 0 Å². The first kappa shape index (κ1) is 20.6. The van der Waals surface area contributed by atoms with E-state index in [0.29, 0.717) is 0 Å². The highest BCUT2D eigenvalue weighted by Gasteiger charge is 2.62. The minimum atomic E-state index is -0.439. The van der Waals surface area contributed by atoms with Crippen LogP contribution in [-0.4, -0.2) is 36.6 Å². The monoisotopic (exact) mass is 470 g/mol. The largest absolute Gasteiger partial charge is 0.463 e. The molecular weight excluding hydrogens is 441 g/mol. The number of hydrogen-bond acceptors (Lipinski definition) is 4. The molecule has 26 heavy (non-hydrogen) atoms. The number of benzene rings is 1. The summed E-state index contributed by atoms with van der Waals surface area (Å²) < 4.78 is 26.7. The van der Waals surface area contributed by atoms with Gasteiger partial charge in [-0.1, -0.05) is 18.2 Å². The number of hydrogen-bond donors (Lipinski definition) is 0. The Kier molecular flexibility index (Phi) is 5.14. The molecule has 0 saturated carbocycles. The average Bonchev–Trinajstić information content (AvgIpc) is 2.80. The van der Waals surface area contributed by atoms with Crippen molar-refractivity contribution < 1.29 is 18.6 Å². The zero-order valence-electron chi connectivity index (χ0n) is 17.1. The molecule has 1 aromatic carbocycles. The minimum absolute atomic E-state index is 0.176. The maximum absolute atomic E-state index is 6.40. The molecule has 0 amide bonds. The Morgan fingerprint density at radius 1 is 0.692 bits per heavy atom. The molecule has 142 valence electrons. The van der Waals surface area contributed by atoms with Crippen molar-refractivity contribution in [1.82, 2.24) is 0 Å². The van der Waals surface area contributed by atoms with Crippen LogP contribution in [0.25, 0.3) is 0 Å². The minimum Gasteiger partial charge on any atom is -0.403 e. The first-order chi connectivity index (χ1) is 11.8. The van der Waals surface area contributed by atoms with Crippen molar-refractivity contribution in [2.45, 2.75) is 83.5 Å². The van der Waals surface area contributed by atoms with Crippen molar-refractivity contribution in [3.63, 3.8) is 0 Å². The van der Waals surface area contributed by atoms with Gasteiger partial charge >= 0.3 is 14.2 Å². The van der Waals surface area contributed by atoms with Gasteiger partial charge in [-0.15, -0.1) is 0 Å². The topological polar surface area (TPSA) is 36.9 Å². The Morgan fingerprint density at radius 2 is 1.04 bits per heavy atom. The average molecular weight is 470 g/mol. The van der Waals surface area contributed by atoms with Crippen LogP contribution < -0.4 is 0 Å². The molecule has 0 spiro atoms. The molecule has 0 N–H and O–H groups in total. The maximum Gasteiger partial charge on any atom is 0.463 e. The summed E-state index contributed by atoms with van der Waals surface area (Å²) in [5.74, 6) is 0. The van der Waals surface area contributed by atoms with E-state index in [2.05, 4.69) is 90.1 Å². The van der Waals surface area contributed by atoms with Gasteiger partial charge in [0, 0.05) is 3.57 Å². The maximum atomic E-state index is 6.40. The first-order valence-corrected chi connectivity index (χ1v) is 10.3. The van der Waals surface area contributed by atoms with Crippen molar-refractivity contribution in [2.24, 2.45) is 0 Å². The number of rotatable bonds is 3. The third-order valence-corrected chi connectivity index (χ3v) is 7.38. The molecule has 0 aliphatic carbocycles. The van der Waals surface area contributed by atoms with Gasteiger partial charge in [-0.2, -0.15) is 0 Å². The predicted octanol–water partition coefficient (Wildman–Crippen LogP) is 4.64. The van der Waals surface area contributed by atoms with Gasteiger partial charge in [0.15, 0.2) is 0 Å². The second kappa shape index (κ2) is 6.48. The lowest BCUT2D eigenvalue weighted by Crippen LogP contribution is -2.41. The van der Waals surface area contributed by atoms with Gasteiger partial charge in [-0.25, -0.2) is 0 Å². The van der Waals surface area contributed by atoms with Crippen LogP contribution in [0.15, 0.2) is 24.3 Å². The Labute approximate surface area is 172 Å².